The first-order valence-corrected chi connectivity index (χ1v) is 6.39. The van der Waals surface area contributed by atoms with E-state index < -0.39 is 0 Å². The van der Waals surface area contributed by atoms with Gasteiger partial charge in [-0.2, -0.15) is 5.10 Å². The standard InChI is InChI=1S/C16H16N2O/c1-12-6-2-3-7-13(12)10-18-16-9-5-4-8-14(16)15(11-19)17-18/h2-9,19H,10-11H2,1H3. The minimum atomic E-state index is -0.0265. The summed E-state index contributed by atoms with van der Waals surface area (Å²) in [6.07, 6.45) is 0. The van der Waals surface area contributed by atoms with Gasteiger partial charge in [0.15, 0.2) is 0 Å². The highest BCUT2D eigenvalue weighted by Crippen LogP contribution is 2.20. The van der Waals surface area contributed by atoms with Gasteiger partial charge in [-0.25, -0.2) is 0 Å². The van der Waals surface area contributed by atoms with E-state index in [0.717, 1.165) is 23.1 Å². The topological polar surface area (TPSA) is 38.0 Å². The highest BCUT2D eigenvalue weighted by Gasteiger charge is 2.09. The molecule has 3 heteroatoms. The van der Waals surface area contributed by atoms with E-state index in [0.29, 0.717) is 0 Å². The largest absolute Gasteiger partial charge is 0.390 e. The third-order valence-electron chi connectivity index (χ3n) is 3.47. The minimum absolute atomic E-state index is 0.0265. The van der Waals surface area contributed by atoms with Gasteiger partial charge in [-0.15, -0.1) is 0 Å². The number of aryl methyl sites for hydroxylation is 1. The van der Waals surface area contributed by atoms with Crippen LogP contribution in [0, 0.1) is 6.92 Å². The van der Waals surface area contributed by atoms with Crippen molar-refractivity contribution in [3.8, 4) is 0 Å². The van der Waals surface area contributed by atoms with Gasteiger partial charge in [-0.05, 0) is 24.1 Å². The van der Waals surface area contributed by atoms with Crippen LogP contribution in [-0.2, 0) is 13.2 Å². The van der Waals surface area contributed by atoms with E-state index in [1.165, 1.54) is 11.1 Å². The molecule has 1 N–H and O–H groups in total. The first-order valence-electron chi connectivity index (χ1n) is 6.39. The number of rotatable bonds is 3. The van der Waals surface area contributed by atoms with Crippen molar-refractivity contribution in [2.45, 2.75) is 20.1 Å². The molecule has 0 saturated heterocycles. The Hall–Kier alpha value is -2.13. The number of benzene rings is 2. The van der Waals surface area contributed by atoms with Gasteiger partial charge in [0.05, 0.1) is 24.4 Å². The molecule has 0 bridgehead atoms. The molecular weight excluding hydrogens is 236 g/mol. The Morgan fingerprint density at radius 1 is 1.05 bits per heavy atom. The lowest BCUT2D eigenvalue weighted by Crippen LogP contribution is -2.03. The van der Waals surface area contributed by atoms with Crippen LogP contribution in [0.1, 0.15) is 16.8 Å². The quantitative estimate of drug-likeness (QED) is 0.778. The van der Waals surface area contributed by atoms with Gasteiger partial charge in [-0.3, -0.25) is 4.68 Å². The molecular formula is C16H16N2O. The Balaban J connectivity index is 2.09. The van der Waals surface area contributed by atoms with Crippen LogP contribution >= 0.6 is 0 Å². The van der Waals surface area contributed by atoms with Gasteiger partial charge in [0, 0.05) is 5.39 Å². The molecule has 96 valence electrons. The summed E-state index contributed by atoms with van der Waals surface area (Å²) in [7, 11) is 0. The SMILES string of the molecule is Cc1ccccc1Cn1nc(CO)c2ccccc21. The number of nitrogens with zero attached hydrogens (tertiary/aromatic N) is 2. The van der Waals surface area contributed by atoms with E-state index in [4.69, 9.17) is 0 Å². The maximum absolute atomic E-state index is 9.39. The molecule has 0 unspecified atom stereocenters. The molecule has 3 rings (SSSR count). The van der Waals surface area contributed by atoms with Gasteiger partial charge in [0.1, 0.15) is 0 Å². The van der Waals surface area contributed by atoms with Crippen LogP contribution in [0.2, 0.25) is 0 Å². The van der Waals surface area contributed by atoms with E-state index in [9.17, 15) is 5.11 Å². The highest BCUT2D eigenvalue weighted by atomic mass is 16.3. The molecule has 1 heterocycles. The summed E-state index contributed by atoms with van der Waals surface area (Å²) in [6.45, 7) is 2.81. The number of hydrogen-bond acceptors (Lipinski definition) is 2. The number of hydrogen-bond donors (Lipinski definition) is 1. The molecule has 0 radical (unpaired) electrons. The molecule has 0 fully saturated rings. The fourth-order valence-electron chi connectivity index (χ4n) is 2.38. The molecule has 3 aromatic rings. The van der Waals surface area contributed by atoms with Crippen LogP contribution in [0.5, 0.6) is 0 Å². The number of fused-ring (bicyclic) bond motifs is 1. The van der Waals surface area contributed by atoms with Gasteiger partial charge in [-0.1, -0.05) is 42.5 Å². The Labute approximate surface area is 112 Å². The first-order chi connectivity index (χ1) is 9.29. The van der Waals surface area contributed by atoms with E-state index in [2.05, 4.69) is 24.2 Å². The van der Waals surface area contributed by atoms with Gasteiger partial charge in [0.2, 0.25) is 0 Å². The fraction of sp³-hybridized carbons (Fsp3) is 0.188. The second-order valence-corrected chi connectivity index (χ2v) is 4.71. The number of aliphatic hydroxyl groups is 1. The summed E-state index contributed by atoms with van der Waals surface area (Å²) in [5.41, 5.74) is 4.31. The predicted octanol–water partition coefficient (Wildman–Crippen LogP) is 2.89. The summed E-state index contributed by atoms with van der Waals surface area (Å²) < 4.78 is 1.96. The average Bonchev–Trinajstić information content (AvgIpc) is 2.80. The zero-order valence-electron chi connectivity index (χ0n) is 10.9. The van der Waals surface area contributed by atoms with Crippen molar-refractivity contribution in [1.82, 2.24) is 9.78 Å². The maximum atomic E-state index is 9.39. The van der Waals surface area contributed by atoms with E-state index in [1.54, 1.807) is 0 Å². The first kappa shape index (κ1) is 11.9. The van der Waals surface area contributed by atoms with Crippen molar-refractivity contribution >= 4 is 10.9 Å². The molecule has 2 aromatic carbocycles. The summed E-state index contributed by atoms with van der Waals surface area (Å²) in [6, 6.07) is 16.3. The maximum Gasteiger partial charge on any atom is 0.0957 e. The number of aromatic nitrogens is 2. The summed E-state index contributed by atoms with van der Waals surface area (Å²) in [5.74, 6) is 0. The summed E-state index contributed by atoms with van der Waals surface area (Å²) in [5, 5.41) is 14.9. The van der Waals surface area contributed by atoms with Gasteiger partial charge in [0.25, 0.3) is 0 Å². The normalized spacial score (nSPS) is 11.1. The van der Waals surface area contributed by atoms with Gasteiger partial charge >= 0.3 is 0 Å². The summed E-state index contributed by atoms with van der Waals surface area (Å²) >= 11 is 0. The molecule has 0 aliphatic heterocycles. The van der Waals surface area contributed by atoms with Gasteiger partial charge < -0.3 is 5.11 Å². The van der Waals surface area contributed by atoms with Crippen LogP contribution in [0.4, 0.5) is 0 Å². The Bertz CT molecular complexity index is 716. The molecule has 1 aromatic heterocycles. The zero-order chi connectivity index (χ0) is 13.2. The third kappa shape index (κ3) is 2.13. The monoisotopic (exact) mass is 252 g/mol. The third-order valence-corrected chi connectivity index (χ3v) is 3.47. The van der Waals surface area contributed by atoms with E-state index >= 15 is 0 Å². The van der Waals surface area contributed by atoms with Crippen molar-refractivity contribution in [3.05, 3.63) is 65.4 Å². The lowest BCUT2D eigenvalue weighted by Gasteiger charge is -2.06. The van der Waals surface area contributed by atoms with Crippen molar-refractivity contribution in [2.24, 2.45) is 0 Å². The Morgan fingerprint density at radius 2 is 1.79 bits per heavy atom. The van der Waals surface area contributed by atoms with Crippen molar-refractivity contribution in [3.63, 3.8) is 0 Å². The second kappa shape index (κ2) is 4.86. The molecule has 0 spiro atoms. The van der Waals surface area contributed by atoms with Crippen molar-refractivity contribution in [1.29, 1.82) is 0 Å². The molecule has 0 saturated carbocycles. The van der Waals surface area contributed by atoms with Crippen molar-refractivity contribution < 1.29 is 5.11 Å². The smallest absolute Gasteiger partial charge is 0.0957 e. The molecule has 19 heavy (non-hydrogen) atoms. The molecule has 0 amide bonds. The van der Waals surface area contributed by atoms with E-state index in [-0.39, 0.29) is 6.61 Å². The zero-order valence-corrected chi connectivity index (χ0v) is 10.9. The lowest BCUT2D eigenvalue weighted by atomic mass is 10.1. The van der Waals surface area contributed by atoms with Crippen LogP contribution in [0.15, 0.2) is 48.5 Å². The van der Waals surface area contributed by atoms with Crippen molar-refractivity contribution in [2.75, 3.05) is 0 Å². The van der Waals surface area contributed by atoms with E-state index in [1.807, 2.05) is 41.1 Å². The molecule has 3 nitrogen and oxygen atoms in total. The Morgan fingerprint density at radius 3 is 2.58 bits per heavy atom. The average molecular weight is 252 g/mol. The lowest BCUT2D eigenvalue weighted by molar-refractivity contribution is 0.276. The number of para-hydroxylation sites is 1. The molecule has 0 aliphatic rings. The summed E-state index contributed by atoms with van der Waals surface area (Å²) in [4.78, 5) is 0. The Kier molecular flexibility index (Phi) is 3.05. The van der Waals surface area contributed by atoms with Crippen LogP contribution < -0.4 is 0 Å². The van der Waals surface area contributed by atoms with Crippen LogP contribution in [0.3, 0.4) is 0 Å². The minimum Gasteiger partial charge on any atom is -0.390 e. The fourth-order valence-corrected chi connectivity index (χ4v) is 2.38. The second-order valence-electron chi connectivity index (χ2n) is 4.71. The highest BCUT2D eigenvalue weighted by molar-refractivity contribution is 5.81. The van der Waals surface area contributed by atoms with Crippen LogP contribution in [-0.4, -0.2) is 14.9 Å². The molecule has 0 aliphatic carbocycles. The predicted molar refractivity (Wildman–Crippen MR) is 75.9 cm³/mol. The number of aliphatic hydroxyl groups excluding tert-OH is 1. The van der Waals surface area contributed by atoms with Crippen LogP contribution in [0.25, 0.3) is 10.9 Å². The molecule has 0 atom stereocenters.